The van der Waals surface area contributed by atoms with Crippen molar-refractivity contribution in [3.8, 4) is 0 Å². The van der Waals surface area contributed by atoms with E-state index in [2.05, 4.69) is 20.2 Å². The monoisotopic (exact) mass is 370 g/mol. The molecule has 0 bridgehead atoms. The fraction of sp³-hybridized carbons (Fsp3) is 0.875. The maximum absolute atomic E-state index is 9.94. The van der Waals surface area contributed by atoms with E-state index in [0.717, 1.165) is 0 Å². The third kappa shape index (κ3) is 4.20. The smallest absolute Gasteiger partial charge is 0.158 e. The SMILES string of the molecule is CC(CO)(N=NC(C)(CO)C1=NCCN1CCO)C1=NCCN1CCO. The molecular formula is C16H30N6O4. The number of nitrogens with zero attached hydrogens (tertiary/aromatic N) is 6. The molecule has 4 N–H and O–H groups in total. The first-order valence-electron chi connectivity index (χ1n) is 8.91. The van der Waals surface area contributed by atoms with Gasteiger partial charge in [-0.3, -0.25) is 9.98 Å². The lowest BCUT2D eigenvalue weighted by Crippen LogP contribution is -2.49. The normalized spacial score (nSPS) is 22.5. The van der Waals surface area contributed by atoms with Crippen molar-refractivity contribution in [3.05, 3.63) is 0 Å². The van der Waals surface area contributed by atoms with E-state index in [1.54, 1.807) is 13.8 Å². The third-order valence-corrected chi connectivity index (χ3v) is 4.67. The molecule has 148 valence electrons. The molecule has 0 fully saturated rings. The largest absolute Gasteiger partial charge is 0.395 e. The van der Waals surface area contributed by atoms with Gasteiger partial charge in [0.1, 0.15) is 11.7 Å². The van der Waals surface area contributed by atoms with E-state index in [9.17, 15) is 20.4 Å². The quantitative estimate of drug-likeness (QED) is 0.340. The molecule has 0 aromatic heterocycles. The Labute approximate surface area is 153 Å². The first-order chi connectivity index (χ1) is 12.4. The maximum Gasteiger partial charge on any atom is 0.158 e. The van der Waals surface area contributed by atoms with Crippen LogP contribution in [0.25, 0.3) is 0 Å². The van der Waals surface area contributed by atoms with Gasteiger partial charge in [0.05, 0.1) is 39.5 Å². The zero-order chi connectivity index (χ0) is 19.2. The summed E-state index contributed by atoms with van der Waals surface area (Å²) >= 11 is 0. The van der Waals surface area contributed by atoms with E-state index in [0.29, 0.717) is 50.9 Å². The van der Waals surface area contributed by atoms with Gasteiger partial charge >= 0.3 is 0 Å². The van der Waals surface area contributed by atoms with Crippen LogP contribution in [0.4, 0.5) is 0 Å². The average molecular weight is 370 g/mol. The molecule has 2 aliphatic rings. The van der Waals surface area contributed by atoms with Crippen LogP contribution in [0.2, 0.25) is 0 Å². The minimum atomic E-state index is -1.07. The van der Waals surface area contributed by atoms with Crippen LogP contribution < -0.4 is 0 Å². The standard InChI is InChI=1S/C16H30N6O4/c1-15(11-25,13-17-3-5-21(13)7-9-23)19-20-16(2,12-26)14-18-4-6-22(14)8-10-24/h23-26H,3-12H2,1-2H3. The predicted molar refractivity (Wildman–Crippen MR) is 97.8 cm³/mol. The number of hydrogen-bond acceptors (Lipinski definition) is 10. The van der Waals surface area contributed by atoms with Crippen LogP contribution in [0.3, 0.4) is 0 Å². The highest BCUT2D eigenvalue weighted by Gasteiger charge is 2.40. The first-order valence-corrected chi connectivity index (χ1v) is 8.91. The van der Waals surface area contributed by atoms with Crippen molar-refractivity contribution in [1.82, 2.24) is 9.80 Å². The molecule has 0 saturated carbocycles. The van der Waals surface area contributed by atoms with Gasteiger partial charge in [-0.15, -0.1) is 0 Å². The summed E-state index contributed by atoms with van der Waals surface area (Å²) in [6.07, 6.45) is 0. The topological polar surface area (TPSA) is 137 Å². The molecular weight excluding hydrogens is 340 g/mol. The fourth-order valence-electron chi connectivity index (χ4n) is 3.18. The lowest BCUT2D eigenvalue weighted by atomic mass is 10.0. The molecule has 10 heteroatoms. The van der Waals surface area contributed by atoms with Gasteiger partial charge in [-0.25, -0.2) is 0 Å². The van der Waals surface area contributed by atoms with Gasteiger partial charge < -0.3 is 30.2 Å². The van der Waals surface area contributed by atoms with Crippen LogP contribution >= 0.6 is 0 Å². The number of amidine groups is 2. The van der Waals surface area contributed by atoms with E-state index in [1.165, 1.54) is 0 Å². The number of aliphatic imine (C=N–C) groups is 2. The van der Waals surface area contributed by atoms with Gasteiger partial charge in [0.2, 0.25) is 0 Å². The highest BCUT2D eigenvalue weighted by molar-refractivity contribution is 5.94. The predicted octanol–water partition coefficient (Wildman–Crippen LogP) is -1.65. The van der Waals surface area contributed by atoms with Crippen LogP contribution in [0.1, 0.15) is 13.8 Å². The van der Waals surface area contributed by atoms with Gasteiger partial charge in [-0.05, 0) is 13.8 Å². The molecule has 0 saturated heterocycles. The number of rotatable bonds is 10. The summed E-state index contributed by atoms with van der Waals surface area (Å²) in [4.78, 5) is 12.6. The van der Waals surface area contributed by atoms with Crippen molar-refractivity contribution in [2.24, 2.45) is 20.2 Å². The van der Waals surface area contributed by atoms with Crippen LogP contribution in [-0.2, 0) is 0 Å². The number of hydrogen-bond donors (Lipinski definition) is 4. The van der Waals surface area contributed by atoms with E-state index in [1.807, 2.05) is 9.80 Å². The summed E-state index contributed by atoms with van der Waals surface area (Å²) in [6.45, 7) is 6.13. The van der Waals surface area contributed by atoms with Crippen LogP contribution in [0, 0.1) is 0 Å². The molecule has 0 radical (unpaired) electrons. The van der Waals surface area contributed by atoms with Crippen molar-refractivity contribution in [2.45, 2.75) is 24.9 Å². The van der Waals surface area contributed by atoms with Gasteiger partial charge in [-0.2, -0.15) is 10.2 Å². The van der Waals surface area contributed by atoms with E-state index < -0.39 is 11.1 Å². The summed E-state index contributed by atoms with van der Waals surface area (Å²) in [5.74, 6) is 1.16. The Hall–Kier alpha value is -1.62. The molecule has 0 spiro atoms. The highest BCUT2D eigenvalue weighted by Crippen LogP contribution is 2.25. The molecule has 2 heterocycles. The van der Waals surface area contributed by atoms with Gasteiger partial charge in [0.15, 0.2) is 11.1 Å². The van der Waals surface area contributed by atoms with E-state index in [-0.39, 0.29) is 26.4 Å². The van der Waals surface area contributed by atoms with Gasteiger partial charge in [0, 0.05) is 26.2 Å². The lowest BCUT2D eigenvalue weighted by Gasteiger charge is -2.32. The first kappa shape index (κ1) is 20.7. The van der Waals surface area contributed by atoms with E-state index >= 15 is 0 Å². The molecule has 2 rings (SSSR count). The molecule has 0 amide bonds. The second kappa shape index (κ2) is 8.85. The average Bonchev–Trinajstić information content (AvgIpc) is 3.30. The summed E-state index contributed by atoms with van der Waals surface area (Å²) < 4.78 is 0. The molecule has 0 aliphatic carbocycles. The molecule has 2 unspecified atom stereocenters. The van der Waals surface area contributed by atoms with Crippen molar-refractivity contribution >= 4 is 11.7 Å². The second-order valence-electron chi connectivity index (χ2n) is 6.90. The second-order valence-corrected chi connectivity index (χ2v) is 6.90. The Bertz CT molecular complexity index is 521. The minimum Gasteiger partial charge on any atom is -0.395 e. The molecule has 0 aromatic rings. The lowest BCUT2D eigenvalue weighted by molar-refractivity contribution is 0.204. The summed E-state index contributed by atoms with van der Waals surface area (Å²) in [5, 5.41) is 47.0. The summed E-state index contributed by atoms with van der Waals surface area (Å²) in [5.41, 5.74) is -2.13. The summed E-state index contributed by atoms with van der Waals surface area (Å²) in [7, 11) is 0. The molecule has 26 heavy (non-hydrogen) atoms. The molecule has 10 nitrogen and oxygen atoms in total. The van der Waals surface area contributed by atoms with E-state index in [4.69, 9.17) is 0 Å². The van der Waals surface area contributed by atoms with Crippen LogP contribution in [-0.4, -0.2) is 119 Å². The van der Waals surface area contributed by atoms with Gasteiger partial charge in [-0.1, -0.05) is 0 Å². The van der Waals surface area contributed by atoms with Gasteiger partial charge in [0.25, 0.3) is 0 Å². The van der Waals surface area contributed by atoms with Crippen molar-refractivity contribution in [1.29, 1.82) is 0 Å². The Balaban J connectivity index is 2.25. The van der Waals surface area contributed by atoms with Crippen molar-refractivity contribution in [2.75, 3.05) is 65.7 Å². The number of azo groups is 1. The Kier molecular flexibility index (Phi) is 7.04. The Morgan fingerprint density at radius 2 is 1.19 bits per heavy atom. The van der Waals surface area contributed by atoms with Crippen LogP contribution in [0.15, 0.2) is 20.2 Å². The third-order valence-electron chi connectivity index (χ3n) is 4.67. The number of aliphatic hydroxyl groups is 4. The zero-order valence-electron chi connectivity index (χ0n) is 15.5. The zero-order valence-corrected chi connectivity index (χ0v) is 15.5. The van der Waals surface area contributed by atoms with Crippen molar-refractivity contribution < 1.29 is 20.4 Å². The maximum atomic E-state index is 9.94. The van der Waals surface area contributed by atoms with Crippen molar-refractivity contribution in [3.63, 3.8) is 0 Å². The molecule has 2 aliphatic heterocycles. The molecule has 2 atom stereocenters. The molecule has 0 aromatic carbocycles. The van der Waals surface area contributed by atoms with Crippen LogP contribution in [0.5, 0.6) is 0 Å². The number of β-amino-alcohol motifs (C(OH)–C–C–N with tert-alkyl or cyclic N) is 2. The summed E-state index contributed by atoms with van der Waals surface area (Å²) in [6, 6.07) is 0. The Morgan fingerprint density at radius 3 is 1.50 bits per heavy atom. The minimum absolute atomic E-state index is 0.0149. The Morgan fingerprint density at radius 1 is 0.808 bits per heavy atom. The number of aliphatic hydroxyl groups excluding tert-OH is 4. The highest BCUT2D eigenvalue weighted by atomic mass is 16.3. The fourth-order valence-corrected chi connectivity index (χ4v) is 3.18.